The fourth-order valence-corrected chi connectivity index (χ4v) is 2.02. The maximum atomic E-state index is 12.8. The summed E-state index contributed by atoms with van der Waals surface area (Å²) in [5.74, 6) is -0.921. The minimum Gasteiger partial charge on any atom is -0.483 e. The van der Waals surface area contributed by atoms with Crippen LogP contribution in [0.15, 0.2) is 42.5 Å². The number of methoxy groups -OCH3 is 1. The predicted octanol–water partition coefficient (Wildman–Crippen LogP) is 2.62. The molecule has 126 valence electrons. The van der Waals surface area contributed by atoms with Crippen molar-refractivity contribution in [3.05, 3.63) is 65.0 Å². The Morgan fingerprint density at radius 3 is 2.50 bits per heavy atom. The van der Waals surface area contributed by atoms with Crippen LogP contribution < -0.4 is 10.1 Å². The van der Waals surface area contributed by atoms with Gasteiger partial charge in [0.25, 0.3) is 5.91 Å². The van der Waals surface area contributed by atoms with E-state index >= 15 is 0 Å². The monoisotopic (exact) mass is 331 g/mol. The molecule has 2 aromatic rings. The maximum absolute atomic E-state index is 12.8. The number of ether oxygens (including phenoxy) is 2. The highest BCUT2D eigenvalue weighted by Crippen LogP contribution is 2.21. The van der Waals surface area contributed by atoms with Crippen LogP contribution in [0.2, 0.25) is 0 Å². The van der Waals surface area contributed by atoms with Gasteiger partial charge >= 0.3 is 5.97 Å². The van der Waals surface area contributed by atoms with Gasteiger partial charge in [-0.3, -0.25) is 4.79 Å². The van der Waals surface area contributed by atoms with Crippen LogP contribution in [-0.2, 0) is 16.1 Å². The van der Waals surface area contributed by atoms with E-state index in [0.29, 0.717) is 5.75 Å². The Morgan fingerprint density at radius 2 is 1.83 bits per heavy atom. The Hall–Kier alpha value is -2.89. The molecule has 0 atom stereocenters. The van der Waals surface area contributed by atoms with E-state index in [1.807, 2.05) is 6.92 Å². The number of benzene rings is 2. The molecule has 0 unspecified atom stereocenters. The Kier molecular flexibility index (Phi) is 5.89. The first-order valence-corrected chi connectivity index (χ1v) is 7.32. The molecule has 0 bridgehead atoms. The van der Waals surface area contributed by atoms with Crippen LogP contribution in [-0.4, -0.2) is 25.6 Å². The molecule has 0 saturated carbocycles. The SMILES string of the molecule is COC(=O)c1ccc(C)cc1OCC(=O)NCc1ccc(F)cc1. The minimum atomic E-state index is -0.531. The molecule has 6 heteroatoms. The van der Waals surface area contributed by atoms with Crippen LogP contribution in [0.4, 0.5) is 4.39 Å². The lowest BCUT2D eigenvalue weighted by molar-refractivity contribution is -0.123. The highest BCUT2D eigenvalue weighted by molar-refractivity contribution is 5.92. The quantitative estimate of drug-likeness (QED) is 0.827. The van der Waals surface area contributed by atoms with Gasteiger partial charge in [0.2, 0.25) is 0 Å². The standard InChI is InChI=1S/C18H18FNO4/c1-12-3-8-15(18(22)23-2)16(9-12)24-11-17(21)20-10-13-4-6-14(19)7-5-13/h3-9H,10-11H2,1-2H3,(H,20,21). The van der Waals surface area contributed by atoms with E-state index in [1.54, 1.807) is 30.3 Å². The number of amides is 1. The molecule has 0 radical (unpaired) electrons. The maximum Gasteiger partial charge on any atom is 0.341 e. The van der Waals surface area contributed by atoms with Gasteiger partial charge in [0.1, 0.15) is 17.1 Å². The summed E-state index contributed by atoms with van der Waals surface area (Å²) < 4.78 is 22.9. The zero-order valence-corrected chi connectivity index (χ0v) is 13.5. The van der Waals surface area contributed by atoms with Crippen molar-refractivity contribution in [2.45, 2.75) is 13.5 Å². The molecule has 0 aromatic heterocycles. The van der Waals surface area contributed by atoms with Gasteiger partial charge in [-0.05, 0) is 42.3 Å². The van der Waals surface area contributed by atoms with E-state index in [9.17, 15) is 14.0 Å². The second-order valence-electron chi connectivity index (χ2n) is 5.18. The molecule has 2 rings (SSSR count). The van der Waals surface area contributed by atoms with Gasteiger partial charge in [-0.15, -0.1) is 0 Å². The summed E-state index contributed by atoms with van der Waals surface area (Å²) in [4.78, 5) is 23.6. The highest BCUT2D eigenvalue weighted by Gasteiger charge is 2.14. The molecular formula is C18H18FNO4. The first kappa shape index (κ1) is 17.5. The molecule has 24 heavy (non-hydrogen) atoms. The van der Waals surface area contributed by atoms with Crippen LogP contribution in [0, 0.1) is 12.7 Å². The van der Waals surface area contributed by atoms with Gasteiger partial charge in [-0.2, -0.15) is 0 Å². The summed E-state index contributed by atoms with van der Waals surface area (Å²) >= 11 is 0. The second kappa shape index (κ2) is 8.10. The Balaban J connectivity index is 1.92. The molecule has 1 amide bonds. The van der Waals surface area contributed by atoms with Crippen molar-refractivity contribution in [2.75, 3.05) is 13.7 Å². The van der Waals surface area contributed by atoms with Gasteiger partial charge in [-0.25, -0.2) is 9.18 Å². The summed E-state index contributed by atoms with van der Waals surface area (Å²) in [5, 5.41) is 2.66. The van der Waals surface area contributed by atoms with E-state index in [1.165, 1.54) is 19.2 Å². The molecule has 1 N–H and O–H groups in total. The molecular weight excluding hydrogens is 313 g/mol. The van der Waals surface area contributed by atoms with E-state index in [2.05, 4.69) is 10.1 Å². The van der Waals surface area contributed by atoms with Gasteiger partial charge in [0.15, 0.2) is 6.61 Å². The molecule has 2 aromatic carbocycles. The van der Waals surface area contributed by atoms with Gasteiger partial charge in [0, 0.05) is 6.54 Å². The first-order chi connectivity index (χ1) is 11.5. The number of esters is 1. The second-order valence-corrected chi connectivity index (χ2v) is 5.18. The normalized spacial score (nSPS) is 10.1. The number of hydrogen-bond donors (Lipinski definition) is 1. The number of carbonyl (C=O) groups is 2. The summed E-state index contributed by atoms with van der Waals surface area (Å²) in [6.07, 6.45) is 0. The number of nitrogens with one attached hydrogen (secondary N) is 1. The van der Waals surface area contributed by atoms with Gasteiger partial charge < -0.3 is 14.8 Å². The number of rotatable bonds is 6. The zero-order chi connectivity index (χ0) is 17.5. The van der Waals surface area contributed by atoms with Crippen molar-refractivity contribution < 1.29 is 23.5 Å². The van der Waals surface area contributed by atoms with Gasteiger partial charge in [0.05, 0.1) is 7.11 Å². The topological polar surface area (TPSA) is 64.6 Å². The molecule has 0 fully saturated rings. The number of aryl methyl sites for hydroxylation is 1. The van der Waals surface area contributed by atoms with Crippen molar-refractivity contribution >= 4 is 11.9 Å². The first-order valence-electron chi connectivity index (χ1n) is 7.32. The van der Waals surface area contributed by atoms with Crippen LogP contribution in [0.25, 0.3) is 0 Å². The van der Waals surface area contributed by atoms with E-state index in [-0.39, 0.29) is 30.4 Å². The smallest absolute Gasteiger partial charge is 0.341 e. The fourth-order valence-electron chi connectivity index (χ4n) is 2.02. The zero-order valence-electron chi connectivity index (χ0n) is 13.5. The van der Waals surface area contributed by atoms with Crippen LogP contribution >= 0.6 is 0 Å². The van der Waals surface area contributed by atoms with Crippen LogP contribution in [0.1, 0.15) is 21.5 Å². The average molecular weight is 331 g/mol. The molecule has 0 heterocycles. The predicted molar refractivity (Wildman–Crippen MR) is 86.3 cm³/mol. The van der Waals surface area contributed by atoms with Crippen molar-refractivity contribution in [2.24, 2.45) is 0 Å². The van der Waals surface area contributed by atoms with E-state index in [4.69, 9.17) is 4.74 Å². The largest absolute Gasteiger partial charge is 0.483 e. The lowest BCUT2D eigenvalue weighted by Crippen LogP contribution is -2.28. The summed E-state index contributed by atoms with van der Waals surface area (Å²) in [6, 6.07) is 10.8. The molecule has 5 nitrogen and oxygen atoms in total. The molecule has 0 saturated heterocycles. The Morgan fingerprint density at radius 1 is 1.12 bits per heavy atom. The van der Waals surface area contributed by atoms with Crippen LogP contribution in [0.5, 0.6) is 5.75 Å². The van der Waals surface area contributed by atoms with E-state index < -0.39 is 5.97 Å². The Bertz CT molecular complexity index is 728. The number of halogens is 1. The van der Waals surface area contributed by atoms with Crippen molar-refractivity contribution in [3.8, 4) is 5.75 Å². The molecule has 0 spiro atoms. The molecule has 0 aliphatic carbocycles. The lowest BCUT2D eigenvalue weighted by Gasteiger charge is -2.11. The number of carbonyl (C=O) groups excluding carboxylic acids is 2. The number of hydrogen-bond acceptors (Lipinski definition) is 4. The summed E-state index contributed by atoms with van der Waals surface area (Å²) in [7, 11) is 1.28. The third kappa shape index (κ3) is 4.81. The van der Waals surface area contributed by atoms with E-state index in [0.717, 1.165) is 11.1 Å². The molecule has 0 aliphatic heterocycles. The lowest BCUT2D eigenvalue weighted by atomic mass is 10.1. The fraction of sp³-hybridized carbons (Fsp3) is 0.222. The van der Waals surface area contributed by atoms with Crippen molar-refractivity contribution in [1.82, 2.24) is 5.32 Å². The third-order valence-electron chi connectivity index (χ3n) is 3.30. The third-order valence-corrected chi connectivity index (χ3v) is 3.30. The summed E-state index contributed by atoms with van der Waals surface area (Å²) in [6.45, 7) is 1.87. The van der Waals surface area contributed by atoms with Crippen molar-refractivity contribution in [3.63, 3.8) is 0 Å². The highest BCUT2D eigenvalue weighted by atomic mass is 19.1. The Labute approximate surface area is 139 Å². The molecule has 0 aliphatic rings. The summed E-state index contributed by atoms with van der Waals surface area (Å²) in [5.41, 5.74) is 1.93. The van der Waals surface area contributed by atoms with Crippen LogP contribution in [0.3, 0.4) is 0 Å². The van der Waals surface area contributed by atoms with Gasteiger partial charge in [-0.1, -0.05) is 18.2 Å². The average Bonchev–Trinajstić information content (AvgIpc) is 2.59. The minimum absolute atomic E-state index is 0.241. The van der Waals surface area contributed by atoms with Crippen molar-refractivity contribution in [1.29, 1.82) is 0 Å².